The average Bonchev–Trinajstić information content (AvgIpc) is 3.29. The zero-order chi connectivity index (χ0) is 22.1. The Balaban J connectivity index is 2.13. The van der Waals surface area contributed by atoms with E-state index in [4.69, 9.17) is 4.74 Å². The first-order valence-electron chi connectivity index (χ1n) is 10.8. The topological polar surface area (TPSA) is 61.8 Å². The summed E-state index contributed by atoms with van der Waals surface area (Å²) in [6.45, 7) is 6.03. The Morgan fingerprint density at radius 2 is 1.77 bits per heavy atom. The van der Waals surface area contributed by atoms with E-state index in [0.717, 1.165) is 50.1 Å². The molecular formula is C25H30N2O3S. The Morgan fingerprint density at radius 1 is 1.06 bits per heavy atom. The van der Waals surface area contributed by atoms with Crippen molar-refractivity contribution in [2.24, 2.45) is 0 Å². The van der Waals surface area contributed by atoms with Crippen molar-refractivity contribution in [1.82, 2.24) is 0 Å². The molecule has 0 bridgehead atoms. The van der Waals surface area contributed by atoms with Crippen molar-refractivity contribution in [3.8, 4) is 11.5 Å². The van der Waals surface area contributed by atoms with Crippen molar-refractivity contribution in [3.63, 3.8) is 0 Å². The normalized spacial score (nSPS) is 10.6. The first-order valence-corrected chi connectivity index (χ1v) is 11.7. The van der Waals surface area contributed by atoms with Gasteiger partial charge in [-0.05, 0) is 48.6 Å². The largest absolute Gasteiger partial charge is 0.478 e. The standard InChI is InChI=1S/C25H30N2O3S/c1-3-5-13-27(14-6-4-2)23-17-19(25(28)29)16-22(26-20-12-15-31-18-20)24(23)30-21-10-8-7-9-11-21/h7-12,15-18,26H,3-6,13-14H2,1-2H3,(H,28,29). The van der Waals surface area contributed by atoms with Gasteiger partial charge in [0.1, 0.15) is 5.75 Å². The molecule has 1 heterocycles. The molecule has 0 amide bonds. The Bertz CT molecular complexity index is 950. The number of carboxylic acid groups (broad SMARTS) is 1. The molecule has 0 radical (unpaired) electrons. The van der Waals surface area contributed by atoms with Gasteiger partial charge in [0.25, 0.3) is 0 Å². The summed E-state index contributed by atoms with van der Waals surface area (Å²) in [5.41, 5.74) is 2.61. The number of para-hydroxylation sites is 1. The summed E-state index contributed by atoms with van der Waals surface area (Å²) < 4.78 is 6.37. The number of rotatable bonds is 12. The first kappa shape index (κ1) is 22.7. The number of unbranched alkanes of at least 4 members (excludes halogenated alkanes) is 2. The van der Waals surface area contributed by atoms with E-state index in [1.54, 1.807) is 23.5 Å². The minimum absolute atomic E-state index is 0.242. The highest BCUT2D eigenvalue weighted by Gasteiger charge is 2.21. The van der Waals surface area contributed by atoms with Gasteiger partial charge in [-0.1, -0.05) is 44.9 Å². The van der Waals surface area contributed by atoms with E-state index in [0.29, 0.717) is 17.2 Å². The molecule has 2 aromatic carbocycles. The zero-order valence-electron chi connectivity index (χ0n) is 18.1. The third-order valence-corrected chi connectivity index (χ3v) is 5.67. The summed E-state index contributed by atoms with van der Waals surface area (Å²) in [6.07, 6.45) is 4.18. The maximum atomic E-state index is 11.9. The molecule has 0 unspecified atom stereocenters. The van der Waals surface area contributed by atoms with Gasteiger partial charge in [-0.25, -0.2) is 4.79 Å². The first-order chi connectivity index (χ1) is 15.1. The van der Waals surface area contributed by atoms with Crippen LogP contribution in [0.5, 0.6) is 11.5 Å². The van der Waals surface area contributed by atoms with Crippen LogP contribution in [0.3, 0.4) is 0 Å². The predicted molar refractivity (Wildman–Crippen MR) is 130 cm³/mol. The van der Waals surface area contributed by atoms with Crippen molar-refractivity contribution < 1.29 is 14.6 Å². The van der Waals surface area contributed by atoms with Gasteiger partial charge < -0.3 is 20.1 Å². The lowest BCUT2D eigenvalue weighted by Gasteiger charge is -2.28. The highest BCUT2D eigenvalue weighted by atomic mass is 32.1. The molecule has 0 spiro atoms. The number of nitrogens with zero attached hydrogens (tertiary/aromatic N) is 1. The second-order valence-electron chi connectivity index (χ2n) is 7.42. The zero-order valence-corrected chi connectivity index (χ0v) is 19.0. The van der Waals surface area contributed by atoms with Gasteiger partial charge in [0, 0.05) is 24.2 Å². The van der Waals surface area contributed by atoms with Crippen LogP contribution in [0.4, 0.5) is 17.1 Å². The van der Waals surface area contributed by atoms with E-state index in [1.807, 2.05) is 47.2 Å². The van der Waals surface area contributed by atoms with Gasteiger partial charge in [-0.2, -0.15) is 11.3 Å². The molecule has 1 aromatic heterocycles. The van der Waals surface area contributed by atoms with Gasteiger partial charge >= 0.3 is 5.97 Å². The number of carbonyl (C=O) groups is 1. The van der Waals surface area contributed by atoms with Gasteiger partial charge in [0.05, 0.1) is 16.9 Å². The fourth-order valence-electron chi connectivity index (χ4n) is 3.32. The Kier molecular flexibility index (Phi) is 8.35. The molecule has 3 rings (SSSR count). The summed E-state index contributed by atoms with van der Waals surface area (Å²) in [5, 5.41) is 17.1. The molecule has 2 N–H and O–H groups in total. The van der Waals surface area contributed by atoms with Crippen molar-refractivity contribution in [2.75, 3.05) is 23.3 Å². The molecule has 0 aliphatic heterocycles. The lowest BCUT2D eigenvalue weighted by Crippen LogP contribution is -2.26. The van der Waals surface area contributed by atoms with Gasteiger partial charge in [0.15, 0.2) is 5.75 Å². The Labute approximate surface area is 188 Å². The molecule has 0 saturated carbocycles. The molecule has 0 aliphatic rings. The van der Waals surface area contributed by atoms with Crippen LogP contribution in [0.2, 0.25) is 0 Å². The van der Waals surface area contributed by atoms with Crippen LogP contribution < -0.4 is 15.0 Å². The van der Waals surface area contributed by atoms with E-state index >= 15 is 0 Å². The van der Waals surface area contributed by atoms with Crippen LogP contribution in [0, 0.1) is 0 Å². The Morgan fingerprint density at radius 3 is 2.35 bits per heavy atom. The maximum absolute atomic E-state index is 11.9. The molecular weight excluding hydrogens is 408 g/mol. The van der Waals surface area contributed by atoms with Gasteiger partial charge in [-0.15, -0.1) is 0 Å². The lowest BCUT2D eigenvalue weighted by atomic mass is 10.1. The monoisotopic (exact) mass is 438 g/mol. The molecule has 6 heteroatoms. The molecule has 0 atom stereocenters. The van der Waals surface area contributed by atoms with Crippen LogP contribution in [0.15, 0.2) is 59.3 Å². The number of hydrogen-bond acceptors (Lipinski definition) is 5. The highest BCUT2D eigenvalue weighted by Crippen LogP contribution is 2.42. The van der Waals surface area contributed by atoms with Crippen molar-refractivity contribution >= 4 is 34.4 Å². The smallest absolute Gasteiger partial charge is 0.335 e. The van der Waals surface area contributed by atoms with Crippen LogP contribution in [-0.2, 0) is 0 Å². The summed E-state index contributed by atoms with van der Waals surface area (Å²) in [5.74, 6) is 0.410. The fraction of sp³-hybridized carbons (Fsp3) is 0.320. The van der Waals surface area contributed by atoms with E-state index in [9.17, 15) is 9.90 Å². The fourth-order valence-corrected chi connectivity index (χ4v) is 3.91. The molecule has 0 fully saturated rings. The minimum atomic E-state index is -0.952. The van der Waals surface area contributed by atoms with E-state index in [2.05, 4.69) is 24.1 Å². The summed E-state index contributed by atoms with van der Waals surface area (Å²) >= 11 is 1.58. The Hall–Kier alpha value is -2.99. The number of ether oxygens (including phenoxy) is 1. The van der Waals surface area contributed by atoms with E-state index in [1.165, 1.54) is 0 Å². The van der Waals surface area contributed by atoms with Gasteiger partial charge in [0.2, 0.25) is 0 Å². The summed E-state index contributed by atoms with van der Waals surface area (Å²) in [4.78, 5) is 14.2. The summed E-state index contributed by atoms with van der Waals surface area (Å²) in [7, 11) is 0. The van der Waals surface area contributed by atoms with Crippen molar-refractivity contribution in [2.45, 2.75) is 39.5 Å². The molecule has 0 saturated heterocycles. The minimum Gasteiger partial charge on any atom is -0.478 e. The predicted octanol–water partition coefficient (Wildman–Crippen LogP) is 7.39. The van der Waals surface area contributed by atoms with Crippen molar-refractivity contribution in [1.29, 1.82) is 0 Å². The lowest BCUT2D eigenvalue weighted by molar-refractivity contribution is 0.0697. The molecule has 31 heavy (non-hydrogen) atoms. The molecule has 3 aromatic rings. The number of hydrogen-bond donors (Lipinski definition) is 2. The molecule has 164 valence electrons. The number of carboxylic acids is 1. The molecule has 5 nitrogen and oxygen atoms in total. The highest BCUT2D eigenvalue weighted by molar-refractivity contribution is 7.08. The number of benzene rings is 2. The number of aromatic carboxylic acids is 1. The van der Waals surface area contributed by atoms with Crippen LogP contribution in [0.1, 0.15) is 49.9 Å². The summed E-state index contributed by atoms with van der Waals surface area (Å²) in [6, 6.07) is 15.0. The van der Waals surface area contributed by atoms with Crippen LogP contribution in [0.25, 0.3) is 0 Å². The quantitative estimate of drug-likeness (QED) is 0.309. The molecule has 0 aliphatic carbocycles. The number of anilines is 3. The number of nitrogens with one attached hydrogen (secondary N) is 1. The van der Waals surface area contributed by atoms with Crippen LogP contribution >= 0.6 is 11.3 Å². The number of thiophene rings is 1. The van der Waals surface area contributed by atoms with E-state index in [-0.39, 0.29) is 5.56 Å². The van der Waals surface area contributed by atoms with Gasteiger partial charge in [-0.3, -0.25) is 0 Å². The van der Waals surface area contributed by atoms with E-state index < -0.39 is 5.97 Å². The second-order valence-corrected chi connectivity index (χ2v) is 8.20. The second kappa shape index (κ2) is 11.4. The van der Waals surface area contributed by atoms with Crippen molar-refractivity contribution in [3.05, 3.63) is 64.9 Å². The third kappa shape index (κ3) is 6.25. The maximum Gasteiger partial charge on any atom is 0.335 e. The van der Waals surface area contributed by atoms with Crippen LogP contribution in [-0.4, -0.2) is 24.2 Å². The average molecular weight is 439 g/mol. The SMILES string of the molecule is CCCCN(CCCC)c1cc(C(=O)O)cc(Nc2ccsc2)c1Oc1ccccc1. The third-order valence-electron chi connectivity index (χ3n) is 4.98.